The lowest BCUT2D eigenvalue weighted by Gasteiger charge is -2.17. The zero-order valence-corrected chi connectivity index (χ0v) is 73.7. The Bertz CT molecular complexity index is 9680. The minimum Gasteiger partial charge on any atom is -0.309 e. The Hall–Kier alpha value is -17.6. The molecule has 27 aromatic rings. The third-order valence-electron chi connectivity index (χ3n) is 29.3. The van der Waals surface area contributed by atoms with Gasteiger partial charge in [-0.2, -0.15) is 0 Å². The predicted molar refractivity (Wildman–Crippen MR) is 578 cm³/mol. The van der Waals surface area contributed by atoms with Crippen LogP contribution < -0.4 is 0 Å². The molecule has 1 nitrogen and oxygen atoms in total. The lowest BCUT2D eigenvalue weighted by Crippen LogP contribution is -1.96. The number of para-hydroxylation sites is 2. The monoisotopic (exact) mass is 1700 g/mol. The zero-order chi connectivity index (χ0) is 88.5. The largest absolute Gasteiger partial charge is 0.309 e. The molecule has 0 aliphatic heterocycles. The van der Waals surface area contributed by atoms with Gasteiger partial charge in [-0.25, -0.2) is 0 Å². The molecule has 30 rings (SSSR count). The third kappa shape index (κ3) is 12.2. The van der Waals surface area contributed by atoms with Crippen molar-refractivity contribution in [1.29, 1.82) is 0 Å². The molecule has 0 spiro atoms. The first-order valence-electron chi connectivity index (χ1n) is 47.0. The van der Waals surface area contributed by atoms with Crippen LogP contribution in [0.15, 0.2) is 491 Å². The fourth-order valence-electron chi connectivity index (χ4n) is 23.2. The smallest absolute Gasteiger partial charge is 0.0541 e. The van der Waals surface area contributed by atoms with Gasteiger partial charge < -0.3 is 4.57 Å². The Labute approximate surface area is 780 Å². The summed E-state index contributed by atoms with van der Waals surface area (Å²) < 4.78 is 2.44. The molecule has 0 saturated heterocycles. The first-order chi connectivity index (χ1) is 66.9. The van der Waals surface area contributed by atoms with Gasteiger partial charge in [-0.15, -0.1) is 0 Å². The van der Waals surface area contributed by atoms with Crippen molar-refractivity contribution < 1.29 is 0 Å². The minimum absolute atomic E-state index is 1.16. The first kappa shape index (κ1) is 76.3. The Balaban J connectivity index is 0.000000102. The van der Waals surface area contributed by atoms with Crippen LogP contribution in [-0.4, -0.2) is 4.57 Å². The van der Waals surface area contributed by atoms with Crippen LogP contribution in [0.5, 0.6) is 0 Å². The van der Waals surface area contributed by atoms with E-state index in [0.29, 0.717) is 0 Å². The van der Waals surface area contributed by atoms with Gasteiger partial charge in [-0.05, 0) is 366 Å². The summed E-state index contributed by atoms with van der Waals surface area (Å²) >= 11 is 0. The maximum atomic E-state index is 2.44. The highest BCUT2D eigenvalue weighted by Gasteiger charge is 2.32. The van der Waals surface area contributed by atoms with Gasteiger partial charge in [0.2, 0.25) is 0 Å². The molecule has 1 heterocycles. The second-order valence-electron chi connectivity index (χ2n) is 36.7. The molecule has 3 aliphatic rings. The van der Waals surface area contributed by atoms with Gasteiger partial charge in [0.05, 0.1) is 11.0 Å². The van der Waals surface area contributed by atoms with E-state index in [9.17, 15) is 0 Å². The molecule has 0 N–H and O–H groups in total. The Kier molecular flexibility index (Phi) is 17.2. The van der Waals surface area contributed by atoms with Crippen LogP contribution in [0.25, 0.3) is 291 Å². The van der Waals surface area contributed by atoms with E-state index >= 15 is 0 Å². The molecule has 0 fully saturated rings. The molecule has 0 saturated carbocycles. The number of hydrogen-bond acceptors (Lipinski definition) is 0. The molecule has 135 heavy (non-hydrogen) atoms. The summed E-state index contributed by atoms with van der Waals surface area (Å²) in [4.78, 5) is 0. The van der Waals surface area contributed by atoms with Crippen molar-refractivity contribution >= 4 is 140 Å². The minimum atomic E-state index is 1.16. The number of hydrogen-bond donors (Lipinski definition) is 0. The van der Waals surface area contributed by atoms with E-state index in [1.54, 1.807) is 0 Å². The molecule has 0 amide bonds. The fraction of sp³-hybridized carbons (Fsp3) is 0. The summed E-state index contributed by atoms with van der Waals surface area (Å²) in [5, 5.41) is 31.2. The van der Waals surface area contributed by atoms with E-state index in [-0.39, 0.29) is 0 Å². The quantitative estimate of drug-likeness (QED) is 0.134. The van der Waals surface area contributed by atoms with Crippen LogP contribution >= 0.6 is 0 Å². The van der Waals surface area contributed by atoms with Gasteiger partial charge >= 0.3 is 0 Å². The molecule has 622 valence electrons. The number of aromatic nitrogens is 1. The molecule has 3 aliphatic carbocycles. The maximum Gasteiger partial charge on any atom is 0.0541 e. The van der Waals surface area contributed by atoms with Gasteiger partial charge in [-0.1, -0.05) is 388 Å². The summed E-state index contributed by atoms with van der Waals surface area (Å²) in [5.74, 6) is 0. The summed E-state index contributed by atoms with van der Waals surface area (Å²) in [5.41, 5.74) is 37.1. The number of fused-ring (bicyclic) bond motifs is 23. The van der Waals surface area contributed by atoms with Crippen LogP contribution in [0.2, 0.25) is 0 Å². The lowest BCUT2D eigenvalue weighted by molar-refractivity contribution is 1.18. The van der Waals surface area contributed by atoms with Gasteiger partial charge in [-0.3, -0.25) is 0 Å². The van der Waals surface area contributed by atoms with Crippen LogP contribution in [0.4, 0.5) is 0 Å². The standard InChI is InChI=1S/C50H30.C48H29N.C36H22/c1-2-9-33-24-38(19-16-31(33)8-1)34-13-7-14-35(25-34)39-20-17-32-18-21-41(27-42(32)26-39)44-22-23-45-46-28-36-10-3-4-11-37(36)29-47(46)48-30-40-12-5-6-15-43(40)49(44)50(45)48;1-2-12-30(13-3-1)34-24-35(26-36(25-34)49-45-20-10-8-18-39(45)40-19-9-11-21-46(40)49)38-22-23-41-42-27-31-14-4-5-15-32(31)28-43(42)44-29-33-16-6-7-17-37(33)47(38)48(41)44;1-3-11-23(12-4-1)29-19-20-30-35-31(32-22-26-16-8-10-18-28(26)34(29)36(30)32)21-25-15-7-9-17-27(25)33(35)24-13-5-2-6-14-24/h1-30H;1-29H;1-22H. The summed E-state index contributed by atoms with van der Waals surface area (Å²) in [7, 11) is 0. The lowest BCUT2D eigenvalue weighted by atomic mass is 9.88. The molecular weight excluding hydrogens is 1620 g/mol. The van der Waals surface area contributed by atoms with Crippen molar-refractivity contribution in [2.24, 2.45) is 0 Å². The van der Waals surface area contributed by atoms with E-state index in [1.165, 1.54) is 285 Å². The third-order valence-corrected chi connectivity index (χ3v) is 29.3. The van der Waals surface area contributed by atoms with E-state index in [4.69, 9.17) is 0 Å². The van der Waals surface area contributed by atoms with Crippen LogP contribution in [0.3, 0.4) is 0 Å². The van der Waals surface area contributed by atoms with E-state index in [2.05, 4.69) is 496 Å². The summed E-state index contributed by atoms with van der Waals surface area (Å²) in [6.45, 7) is 0. The van der Waals surface area contributed by atoms with E-state index in [0.717, 1.165) is 5.69 Å². The molecule has 1 heteroatoms. The highest BCUT2D eigenvalue weighted by atomic mass is 15.0. The van der Waals surface area contributed by atoms with E-state index in [1.807, 2.05) is 0 Å². The number of benzene rings is 26. The zero-order valence-electron chi connectivity index (χ0n) is 73.7. The van der Waals surface area contributed by atoms with Crippen molar-refractivity contribution in [2.45, 2.75) is 0 Å². The van der Waals surface area contributed by atoms with Gasteiger partial charge in [0, 0.05) is 16.5 Å². The Morgan fingerprint density at radius 2 is 0.415 bits per heavy atom. The summed E-state index contributed by atoms with van der Waals surface area (Å²) in [6, 6.07) is 182. The Morgan fingerprint density at radius 3 is 0.926 bits per heavy atom. The highest BCUT2D eigenvalue weighted by Crippen LogP contribution is 2.59. The number of rotatable bonds is 8. The maximum absolute atomic E-state index is 2.44. The van der Waals surface area contributed by atoms with Crippen molar-refractivity contribution in [3.63, 3.8) is 0 Å². The van der Waals surface area contributed by atoms with Gasteiger partial charge in [0.15, 0.2) is 0 Å². The van der Waals surface area contributed by atoms with Crippen LogP contribution in [-0.2, 0) is 0 Å². The molecule has 26 aromatic carbocycles. The molecule has 0 bridgehead atoms. The fourth-order valence-corrected chi connectivity index (χ4v) is 23.2. The second kappa shape index (κ2) is 30.5. The van der Waals surface area contributed by atoms with Crippen molar-refractivity contribution in [3.05, 3.63) is 491 Å². The SMILES string of the molecule is c1cc(-c2ccc3ccccc3c2)cc(-c2ccc3ccc(-c4ccc5c6c(cc7ccccc7c46)-c4cc6ccccc6cc4-5)cc3c2)c1.c1ccc(-c2c3c(cc4ccccc24)-c2cc4ccccc4c4c(-c5ccccc5)ccc-3c24)cc1.c1ccc(-c2cc(-c3ccc4c5c(cc6ccccc6c35)-c3cc5ccccc5cc3-4)cc(-n3c4ccccc4c4ccccc43)c2)cc1. The molecule has 0 unspecified atom stereocenters. The average Bonchev–Trinajstić information content (AvgIpc) is 1.67. The highest BCUT2D eigenvalue weighted by molar-refractivity contribution is 6.33. The molecule has 0 atom stereocenters. The van der Waals surface area contributed by atoms with Crippen molar-refractivity contribution in [1.82, 2.24) is 4.57 Å². The second-order valence-corrected chi connectivity index (χ2v) is 36.7. The normalized spacial score (nSPS) is 12.0. The topological polar surface area (TPSA) is 4.93 Å². The van der Waals surface area contributed by atoms with Crippen molar-refractivity contribution in [2.75, 3.05) is 0 Å². The molecule has 1 aromatic heterocycles. The van der Waals surface area contributed by atoms with Gasteiger partial charge in [0.25, 0.3) is 0 Å². The van der Waals surface area contributed by atoms with Gasteiger partial charge in [0.1, 0.15) is 0 Å². The van der Waals surface area contributed by atoms with Crippen molar-refractivity contribution in [3.8, 4) is 150 Å². The predicted octanol–water partition coefficient (Wildman–Crippen LogP) is 37.5. The van der Waals surface area contributed by atoms with Crippen LogP contribution in [0.1, 0.15) is 0 Å². The molecular formula is C134H81N. The van der Waals surface area contributed by atoms with Crippen LogP contribution in [0, 0.1) is 0 Å². The number of nitrogens with zero attached hydrogens (tertiary/aromatic N) is 1. The average molecular weight is 1710 g/mol. The first-order valence-corrected chi connectivity index (χ1v) is 47.0. The van der Waals surface area contributed by atoms with E-state index < -0.39 is 0 Å². The Morgan fingerprint density at radius 1 is 0.111 bits per heavy atom. The summed E-state index contributed by atoms with van der Waals surface area (Å²) in [6.07, 6.45) is 0. The molecule has 0 radical (unpaired) electrons.